The predicted octanol–water partition coefficient (Wildman–Crippen LogP) is 7.47. The second-order valence-corrected chi connectivity index (χ2v) is 9.73. The Balaban J connectivity index is 1.78. The third kappa shape index (κ3) is 6.52. The summed E-state index contributed by atoms with van der Waals surface area (Å²) in [6.45, 7) is 8.57. The molecule has 1 unspecified atom stereocenters. The molecule has 0 saturated carbocycles. The molecule has 3 rings (SSSR count). The summed E-state index contributed by atoms with van der Waals surface area (Å²) < 4.78 is 11.3. The molecule has 0 saturated heterocycles. The maximum Gasteiger partial charge on any atom is 0.352 e. The number of ether oxygens (including phenoxy) is 2. The number of rotatable bonds is 7. The molecule has 0 fully saturated rings. The maximum atomic E-state index is 12.6. The molecule has 1 atom stereocenters. The average molecular weight is 455 g/mol. The molecule has 31 heavy (non-hydrogen) atoms. The molecule has 0 bridgehead atoms. The maximum absolute atomic E-state index is 12.6. The molecule has 0 spiro atoms. The van der Waals surface area contributed by atoms with Crippen LogP contribution in [0.4, 0.5) is 0 Å². The quantitative estimate of drug-likeness (QED) is 0.347. The molecule has 5 heteroatoms. The molecule has 0 aliphatic heterocycles. The van der Waals surface area contributed by atoms with Crippen LogP contribution in [0.2, 0.25) is 5.02 Å². The van der Waals surface area contributed by atoms with E-state index in [4.69, 9.17) is 21.1 Å². The van der Waals surface area contributed by atoms with Crippen LogP contribution in [0.5, 0.6) is 5.75 Å². The Bertz CT molecular complexity index is 991. The van der Waals surface area contributed by atoms with Gasteiger partial charge in [0, 0.05) is 20.4 Å². The van der Waals surface area contributed by atoms with Crippen LogP contribution in [-0.4, -0.2) is 12.6 Å². The van der Waals surface area contributed by atoms with Crippen LogP contribution in [0, 0.1) is 0 Å². The van der Waals surface area contributed by atoms with E-state index in [9.17, 15) is 4.79 Å². The van der Waals surface area contributed by atoms with Crippen molar-refractivity contribution in [1.82, 2.24) is 0 Å². The van der Waals surface area contributed by atoms with E-state index in [0.717, 1.165) is 15.4 Å². The summed E-state index contributed by atoms with van der Waals surface area (Å²) in [7, 11) is 0. The van der Waals surface area contributed by atoms with Gasteiger partial charge in [-0.05, 0) is 66.4 Å². The van der Waals surface area contributed by atoms with Gasteiger partial charge in [-0.3, -0.25) is 0 Å². The summed E-state index contributed by atoms with van der Waals surface area (Å²) in [5.41, 5.74) is 2.01. The van der Waals surface area contributed by atoms with Crippen molar-refractivity contribution in [2.24, 2.45) is 0 Å². The van der Waals surface area contributed by atoms with Gasteiger partial charge in [-0.1, -0.05) is 68.4 Å². The molecule has 162 valence electrons. The lowest BCUT2D eigenvalue weighted by molar-refractivity contribution is -0.151. The smallest absolute Gasteiger partial charge is 0.352 e. The summed E-state index contributed by atoms with van der Waals surface area (Å²) in [5, 5.41) is 0.713. The van der Waals surface area contributed by atoms with E-state index in [0.29, 0.717) is 17.4 Å². The van der Waals surface area contributed by atoms with Gasteiger partial charge >= 0.3 is 5.97 Å². The number of halogens is 1. The van der Waals surface area contributed by atoms with Crippen molar-refractivity contribution in [2.45, 2.75) is 49.0 Å². The second-order valence-electron chi connectivity index (χ2n) is 8.15. The van der Waals surface area contributed by atoms with Gasteiger partial charge in [0.1, 0.15) is 5.75 Å². The summed E-state index contributed by atoms with van der Waals surface area (Å²) >= 11 is 7.58. The van der Waals surface area contributed by atoms with Crippen molar-refractivity contribution in [2.75, 3.05) is 6.61 Å². The summed E-state index contributed by atoms with van der Waals surface area (Å²) in [6, 6.07) is 23.3. The van der Waals surface area contributed by atoms with Crippen LogP contribution < -0.4 is 4.74 Å². The van der Waals surface area contributed by atoms with E-state index in [1.807, 2.05) is 72.8 Å². The van der Waals surface area contributed by atoms with Gasteiger partial charge in [0.05, 0.1) is 6.61 Å². The fourth-order valence-electron chi connectivity index (χ4n) is 2.99. The molecular weight excluding hydrogens is 428 g/mol. The lowest BCUT2D eigenvalue weighted by atomic mass is 9.87. The van der Waals surface area contributed by atoms with Gasteiger partial charge in [-0.25, -0.2) is 4.79 Å². The van der Waals surface area contributed by atoms with Gasteiger partial charge in [0.25, 0.3) is 0 Å². The molecule has 0 amide bonds. The van der Waals surface area contributed by atoms with Crippen LogP contribution in [0.3, 0.4) is 0 Å². The lowest BCUT2D eigenvalue weighted by Gasteiger charge is -2.21. The monoisotopic (exact) mass is 454 g/mol. The second kappa shape index (κ2) is 10.3. The molecule has 0 aliphatic rings. The number of esters is 1. The van der Waals surface area contributed by atoms with Gasteiger partial charge < -0.3 is 9.47 Å². The summed E-state index contributed by atoms with van der Waals surface area (Å²) in [4.78, 5) is 14.8. The highest BCUT2D eigenvalue weighted by atomic mass is 35.5. The van der Waals surface area contributed by atoms with E-state index in [2.05, 4.69) is 20.8 Å². The fraction of sp³-hybridized carbons (Fsp3) is 0.269. The van der Waals surface area contributed by atoms with Crippen molar-refractivity contribution in [1.29, 1.82) is 0 Å². The van der Waals surface area contributed by atoms with E-state index < -0.39 is 12.1 Å². The van der Waals surface area contributed by atoms with Gasteiger partial charge in [0.15, 0.2) is 0 Å². The number of hydrogen-bond acceptors (Lipinski definition) is 4. The van der Waals surface area contributed by atoms with Crippen LogP contribution >= 0.6 is 23.4 Å². The molecule has 3 aromatic rings. The zero-order valence-electron chi connectivity index (χ0n) is 18.2. The van der Waals surface area contributed by atoms with Crippen LogP contribution in [0.15, 0.2) is 82.6 Å². The highest BCUT2D eigenvalue weighted by Gasteiger charge is 2.24. The molecule has 0 radical (unpaired) electrons. The first-order chi connectivity index (χ1) is 14.8. The Hall–Kier alpha value is -2.43. The Morgan fingerprint density at radius 3 is 1.97 bits per heavy atom. The zero-order valence-corrected chi connectivity index (χ0v) is 19.8. The van der Waals surface area contributed by atoms with Crippen molar-refractivity contribution >= 4 is 29.3 Å². The van der Waals surface area contributed by atoms with E-state index in [-0.39, 0.29) is 5.41 Å². The molecule has 3 aromatic carbocycles. The Morgan fingerprint density at radius 2 is 1.45 bits per heavy atom. The number of carbonyl (C=O) groups is 1. The van der Waals surface area contributed by atoms with Crippen LogP contribution in [-0.2, 0) is 14.9 Å². The number of hydrogen-bond donors (Lipinski definition) is 0. The Morgan fingerprint density at radius 1 is 0.903 bits per heavy atom. The third-order valence-corrected chi connectivity index (χ3v) is 5.97. The largest absolute Gasteiger partial charge is 0.474 e. The van der Waals surface area contributed by atoms with Crippen molar-refractivity contribution in [3.05, 3.63) is 88.9 Å². The fourth-order valence-corrected chi connectivity index (χ4v) is 3.93. The lowest BCUT2D eigenvalue weighted by Crippen LogP contribution is -2.21. The SMILES string of the molecule is CCOC(=O)C(Oc1ccc(C(C)(C)C)cc1)c1ccc(Sc2ccc(Cl)cc2)cc1. The summed E-state index contributed by atoms with van der Waals surface area (Å²) in [5.74, 6) is 0.228. The predicted molar refractivity (Wildman–Crippen MR) is 127 cm³/mol. The third-order valence-electron chi connectivity index (χ3n) is 4.71. The Kier molecular flexibility index (Phi) is 7.69. The van der Waals surface area contributed by atoms with E-state index in [1.165, 1.54) is 5.56 Å². The van der Waals surface area contributed by atoms with E-state index >= 15 is 0 Å². The van der Waals surface area contributed by atoms with Crippen molar-refractivity contribution in [3.8, 4) is 5.75 Å². The van der Waals surface area contributed by atoms with E-state index in [1.54, 1.807) is 18.7 Å². The Labute approximate surface area is 193 Å². The molecular formula is C26H27ClO3S. The summed E-state index contributed by atoms with van der Waals surface area (Å²) in [6.07, 6.45) is -0.824. The van der Waals surface area contributed by atoms with Crippen LogP contribution in [0.25, 0.3) is 0 Å². The van der Waals surface area contributed by atoms with Crippen molar-refractivity contribution < 1.29 is 14.3 Å². The molecule has 3 nitrogen and oxygen atoms in total. The molecule has 0 heterocycles. The first-order valence-corrected chi connectivity index (χ1v) is 11.4. The first kappa shape index (κ1) is 23.2. The van der Waals surface area contributed by atoms with Gasteiger partial charge in [-0.15, -0.1) is 0 Å². The zero-order chi connectivity index (χ0) is 22.4. The number of benzene rings is 3. The highest BCUT2D eigenvalue weighted by Crippen LogP contribution is 2.31. The topological polar surface area (TPSA) is 35.5 Å². The molecule has 0 aliphatic carbocycles. The van der Waals surface area contributed by atoms with Crippen LogP contribution in [0.1, 0.15) is 44.9 Å². The average Bonchev–Trinajstić information content (AvgIpc) is 2.74. The van der Waals surface area contributed by atoms with Crippen molar-refractivity contribution in [3.63, 3.8) is 0 Å². The minimum absolute atomic E-state index is 0.0522. The molecule has 0 N–H and O–H groups in total. The normalized spacial score (nSPS) is 12.3. The standard InChI is InChI=1S/C26H27ClO3S/c1-5-29-25(28)24(30-21-12-8-19(9-13-21)26(2,3)4)18-6-14-22(15-7-18)31-23-16-10-20(27)11-17-23/h6-17,24H,5H2,1-4H3. The van der Waals surface area contributed by atoms with Gasteiger partial charge in [0.2, 0.25) is 6.10 Å². The first-order valence-electron chi connectivity index (χ1n) is 10.2. The minimum atomic E-state index is -0.824. The highest BCUT2D eigenvalue weighted by molar-refractivity contribution is 7.99. The minimum Gasteiger partial charge on any atom is -0.474 e. The molecule has 0 aromatic heterocycles. The van der Waals surface area contributed by atoms with Gasteiger partial charge in [-0.2, -0.15) is 0 Å². The number of carbonyl (C=O) groups excluding carboxylic acids is 1.